The highest BCUT2D eigenvalue weighted by atomic mass is 79.9. The average Bonchev–Trinajstić information content (AvgIpc) is 2.65. The van der Waals surface area contributed by atoms with Crippen LogP contribution in [0.25, 0.3) is 5.69 Å². The van der Waals surface area contributed by atoms with Crippen molar-refractivity contribution < 1.29 is 0 Å². The lowest BCUT2D eigenvalue weighted by Gasteiger charge is -2.20. The molecule has 1 N–H and O–H groups in total. The van der Waals surface area contributed by atoms with Gasteiger partial charge in [-0.1, -0.05) is 0 Å². The van der Waals surface area contributed by atoms with Crippen molar-refractivity contribution in [1.82, 2.24) is 9.55 Å². The molecule has 0 amide bonds. The van der Waals surface area contributed by atoms with Crippen LogP contribution in [0.4, 0.5) is 5.82 Å². The van der Waals surface area contributed by atoms with E-state index in [1.54, 1.807) is 6.20 Å². The molecule has 3 rings (SSSR count). The first-order chi connectivity index (χ1) is 6.84. The molecule has 1 aliphatic rings. The molecule has 3 heterocycles. The molecule has 0 bridgehead atoms. The predicted octanol–water partition coefficient (Wildman–Crippen LogP) is 2.56. The molecular formula is C10H8BrN3. The van der Waals surface area contributed by atoms with Gasteiger partial charge >= 0.3 is 0 Å². The summed E-state index contributed by atoms with van der Waals surface area (Å²) in [6.07, 6.45) is 3.86. The van der Waals surface area contributed by atoms with Crippen molar-refractivity contribution in [3.8, 4) is 5.69 Å². The maximum Gasteiger partial charge on any atom is 0.150 e. The van der Waals surface area contributed by atoms with Crippen LogP contribution in [0.1, 0.15) is 5.69 Å². The topological polar surface area (TPSA) is 29.9 Å². The first-order valence-electron chi connectivity index (χ1n) is 4.40. The summed E-state index contributed by atoms with van der Waals surface area (Å²) in [7, 11) is 0. The Morgan fingerprint density at radius 3 is 3.36 bits per heavy atom. The van der Waals surface area contributed by atoms with Crippen molar-refractivity contribution in [2.75, 3.05) is 5.32 Å². The van der Waals surface area contributed by atoms with E-state index < -0.39 is 0 Å². The Morgan fingerprint density at radius 1 is 1.50 bits per heavy atom. The smallest absolute Gasteiger partial charge is 0.150 e. The molecule has 70 valence electrons. The molecular weight excluding hydrogens is 242 g/mol. The zero-order chi connectivity index (χ0) is 9.54. The number of pyridine rings is 1. The Kier molecular flexibility index (Phi) is 1.64. The number of hydrogen-bond acceptors (Lipinski definition) is 2. The second-order valence-corrected chi connectivity index (χ2v) is 4.16. The monoisotopic (exact) mass is 249 g/mol. The van der Waals surface area contributed by atoms with Gasteiger partial charge < -0.3 is 9.88 Å². The quantitative estimate of drug-likeness (QED) is 0.778. The number of hydrogen-bond donors (Lipinski definition) is 1. The Labute approximate surface area is 89.9 Å². The van der Waals surface area contributed by atoms with Gasteiger partial charge in [0.25, 0.3) is 0 Å². The molecule has 0 radical (unpaired) electrons. The van der Waals surface area contributed by atoms with Crippen LogP contribution in [-0.4, -0.2) is 9.55 Å². The third-order valence-corrected chi connectivity index (χ3v) is 2.80. The fourth-order valence-corrected chi connectivity index (χ4v) is 2.04. The van der Waals surface area contributed by atoms with E-state index in [1.807, 2.05) is 6.07 Å². The molecule has 3 nitrogen and oxygen atoms in total. The van der Waals surface area contributed by atoms with E-state index in [0.717, 1.165) is 22.5 Å². The molecule has 4 heteroatoms. The van der Waals surface area contributed by atoms with Gasteiger partial charge in [0.2, 0.25) is 0 Å². The third kappa shape index (κ3) is 1.07. The number of anilines is 1. The first-order valence-corrected chi connectivity index (χ1v) is 5.20. The second kappa shape index (κ2) is 2.85. The number of rotatable bonds is 0. The summed E-state index contributed by atoms with van der Waals surface area (Å²) in [6, 6.07) is 6.22. The van der Waals surface area contributed by atoms with Gasteiger partial charge in [0.15, 0.2) is 5.82 Å². The van der Waals surface area contributed by atoms with E-state index in [2.05, 4.69) is 49.1 Å². The Balaban J connectivity index is 2.28. The fraction of sp³-hybridized carbons (Fsp3) is 0.100. The maximum atomic E-state index is 4.32. The van der Waals surface area contributed by atoms with Crippen molar-refractivity contribution >= 4 is 21.7 Å². The Bertz CT molecular complexity index is 490. The van der Waals surface area contributed by atoms with Crippen molar-refractivity contribution in [3.63, 3.8) is 0 Å². The lowest BCUT2D eigenvalue weighted by Crippen LogP contribution is -2.15. The van der Waals surface area contributed by atoms with Gasteiger partial charge in [0.05, 0.1) is 12.2 Å². The number of nitrogens with zero attached hydrogens (tertiary/aromatic N) is 2. The molecule has 0 aliphatic carbocycles. The molecule has 14 heavy (non-hydrogen) atoms. The fourth-order valence-electron chi connectivity index (χ4n) is 1.72. The summed E-state index contributed by atoms with van der Waals surface area (Å²) in [6.45, 7) is 0.842. The van der Waals surface area contributed by atoms with E-state index in [-0.39, 0.29) is 0 Å². The van der Waals surface area contributed by atoms with Gasteiger partial charge in [-0.05, 0) is 34.1 Å². The summed E-state index contributed by atoms with van der Waals surface area (Å²) >= 11 is 3.43. The van der Waals surface area contributed by atoms with Crippen LogP contribution in [-0.2, 0) is 6.54 Å². The summed E-state index contributed by atoms with van der Waals surface area (Å²) in [5, 5.41) is 3.28. The van der Waals surface area contributed by atoms with Gasteiger partial charge in [0, 0.05) is 22.6 Å². The molecule has 1 aliphatic heterocycles. The maximum absolute atomic E-state index is 4.32. The Hall–Kier alpha value is -1.29. The standard InChI is InChI=1S/C10H8BrN3/c11-7-4-9-10(12-5-7)13-6-8-2-1-3-14(8)9/h1-5H,6H2,(H,12,13). The van der Waals surface area contributed by atoms with Crippen molar-refractivity contribution in [3.05, 3.63) is 40.8 Å². The van der Waals surface area contributed by atoms with Gasteiger partial charge in [-0.3, -0.25) is 0 Å². The lowest BCUT2D eigenvalue weighted by molar-refractivity contribution is 0.890. The zero-order valence-corrected chi connectivity index (χ0v) is 8.95. The van der Waals surface area contributed by atoms with Crippen LogP contribution in [0.5, 0.6) is 0 Å². The van der Waals surface area contributed by atoms with Crippen molar-refractivity contribution in [1.29, 1.82) is 0 Å². The van der Waals surface area contributed by atoms with Crippen molar-refractivity contribution in [2.24, 2.45) is 0 Å². The summed E-state index contributed by atoms with van der Waals surface area (Å²) in [4.78, 5) is 4.32. The predicted molar refractivity (Wildman–Crippen MR) is 58.6 cm³/mol. The van der Waals surface area contributed by atoms with Crippen LogP contribution in [0.2, 0.25) is 0 Å². The van der Waals surface area contributed by atoms with Gasteiger partial charge in [-0.2, -0.15) is 0 Å². The van der Waals surface area contributed by atoms with E-state index in [9.17, 15) is 0 Å². The molecule has 2 aromatic rings. The molecule has 0 aromatic carbocycles. The molecule has 0 saturated carbocycles. The minimum Gasteiger partial charge on any atom is -0.363 e. The number of fused-ring (bicyclic) bond motifs is 3. The number of halogens is 1. The summed E-state index contributed by atoms with van der Waals surface area (Å²) in [5.41, 5.74) is 2.36. The zero-order valence-electron chi connectivity index (χ0n) is 7.37. The largest absolute Gasteiger partial charge is 0.363 e. The van der Waals surface area contributed by atoms with Gasteiger partial charge in [0.1, 0.15) is 0 Å². The first kappa shape index (κ1) is 8.05. The molecule has 0 saturated heterocycles. The number of aromatic nitrogens is 2. The summed E-state index contributed by atoms with van der Waals surface area (Å²) in [5.74, 6) is 0.942. The molecule has 2 aromatic heterocycles. The van der Waals surface area contributed by atoms with Crippen LogP contribution in [0.15, 0.2) is 35.1 Å². The van der Waals surface area contributed by atoms with Gasteiger partial charge in [-0.15, -0.1) is 0 Å². The molecule has 0 unspecified atom stereocenters. The van der Waals surface area contributed by atoms with E-state index in [0.29, 0.717) is 0 Å². The van der Waals surface area contributed by atoms with E-state index >= 15 is 0 Å². The molecule has 0 spiro atoms. The lowest BCUT2D eigenvalue weighted by atomic mass is 10.3. The van der Waals surface area contributed by atoms with E-state index in [1.165, 1.54) is 5.69 Å². The highest BCUT2D eigenvalue weighted by Gasteiger charge is 2.14. The third-order valence-electron chi connectivity index (χ3n) is 2.36. The SMILES string of the molecule is Brc1cnc2c(c1)-n1cccc1CN2. The highest BCUT2D eigenvalue weighted by molar-refractivity contribution is 9.10. The minimum atomic E-state index is 0.842. The van der Waals surface area contributed by atoms with Crippen LogP contribution < -0.4 is 5.32 Å². The highest BCUT2D eigenvalue weighted by Crippen LogP contribution is 2.27. The van der Waals surface area contributed by atoms with Crippen LogP contribution in [0, 0.1) is 0 Å². The summed E-state index contributed by atoms with van der Waals surface area (Å²) < 4.78 is 3.16. The van der Waals surface area contributed by atoms with Crippen molar-refractivity contribution in [2.45, 2.75) is 6.54 Å². The molecule has 0 fully saturated rings. The Morgan fingerprint density at radius 2 is 2.43 bits per heavy atom. The van der Waals surface area contributed by atoms with Crippen LogP contribution in [0.3, 0.4) is 0 Å². The van der Waals surface area contributed by atoms with Gasteiger partial charge in [-0.25, -0.2) is 4.98 Å². The second-order valence-electron chi connectivity index (χ2n) is 3.24. The van der Waals surface area contributed by atoms with E-state index in [4.69, 9.17) is 0 Å². The average molecular weight is 250 g/mol. The normalized spacial score (nSPS) is 12.9. The number of nitrogens with one attached hydrogen (secondary N) is 1. The minimum absolute atomic E-state index is 0.842. The molecule has 0 atom stereocenters. The van der Waals surface area contributed by atoms with Crippen LogP contribution >= 0.6 is 15.9 Å².